The topological polar surface area (TPSA) is 64.3 Å². The molecule has 3 heterocycles. The highest BCUT2D eigenvalue weighted by Crippen LogP contribution is 2.25. The maximum Gasteiger partial charge on any atom is 0.247 e. The van der Waals surface area contributed by atoms with E-state index in [9.17, 15) is 0 Å². The predicted molar refractivity (Wildman–Crippen MR) is 90.6 cm³/mol. The van der Waals surface area contributed by atoms with Gasteiger partial charge in [0, 0.05) is 30.2 Å². The van der Waals surface area contributed by atoms with Crippen molar-refractivity contribution in [3.05, 3.63) is 52.3 Å². The number of thiazole rings is 1. The summed E-state index contributed by atoms with van der Waals surface area (Å²) in [5.41, 5.74) is 2.15. The SMILES string of the molecule is Cc1ccc(-c2nnc(CN3CCO[C@@H](c4nccs4)C3)o2)cc1. The molecule has 1 atom stereocenters. The standard InChI is InChI=1S/C17H18N4O2S/c1-12-2-4-13(5-3-12)16-20-19-15(23-16)11-21-7-8-22-14(10-21)17-18-6-9-24-17/h2-6,9,14H,7-8,10-11H2,1H3/t14-/m1/s1. The van der Waals surface area contributed by atoms with Crippen LogP contribution in [0, 0.1) is 6.92 Å². The van der Waals surface area contributed by atoms with Crippen molar-refractivity contribution in [3.63, 3.8) is 0 Å². The van der Waals surface area contributed by atoms with Gasteiger partial charge in [0.2, 0.25) is 11.8 Å². The summed E-state index contributed by atoms with van der Waals surface area (Å²) in [6, 6.07) is 8.08. The van der Waals surface area contributed by atoms with E-state index in [2.05, 4.69) is 27.0 Å². The molecule has 0 unspecified atom stereocenters. The van der Waals surface area contributed by atoms with Crippen LogP contribution in [-0.4, -0.2) is 39.8 Å². The minimum Gasteiger partial charge on any atom is -0.419 e. The van der Waals surface area contributed by atoms with Crippen molar-refractivity contribution in [2.75, 3.05) is 19.7 Å². The van der Waals surface area contributed by atoms with E-state index >= 15 is 0 Å². The van der Waals surface area contributed by atoms with Gasteiger partial charge >= 0.3 is 0 Å². The van der Waals surface area contributed by atoms with Gasteiger partial charge in [-0.05, 0) is 19.1 Å². The Kier molecular flexibility index (Phi) is 4.38. The Morgan fingerprint density at radius 3 is 2.92 bits per heavy atom. The molecule has 2 aromatic heterocycles. The van der Waals surface area contributed by atoms with Crippen LogP contribution in [0.3, 0.4) is 0 Å². The minimum absolute atomic E-state index is 0.0261. The van der Waals surface area contributed by atoms with Gasteiger partial charge in [-0.3, -0.25) is 4.90 Å². The second kappa shape index (κ2) is 6.80. The first-order chi connectivity index (χ1) is 11.8. The molecular weight excluding hydrogens is 324 g/mol. The van der Waals surface area contributed by atoms with Crippen molar-refractivity contribution in [1.82, 2.24) is 20.1 Å². The first-order valence-electron chi connectivity index (χ1n) is 7.91. The van der Waals surface area contributed by atoms with Crippen molar-refractivity contribution in [1.29, 1.82) is 0 Å². The third kappa shape index (κ3) is 3.38. The van der Waals surface area contributed by atoms with E-state index in [4.69, 9.17) is 9.15 Å². The molecule has 0 spiro atoms. The zero-order valence-corrected chi connectivity index (χ0v) is 14.2. The fourth-order valence-corrected chi connectivity index (χ4v) is 3.39. The number of benzene rings is 1. The van der Waals surface area contributed by atoms with Crippen molar-refractivity contribution >= 4 is 11.3 Å². The lowest BCUT2D eigenvalue weighted by Gasteiger charge is -2.30. The number of aromatic nitrogens is 3. The lowest BCUT2D eigenvalue weighted by molar-refractivity contribution is -0.0352. The second-order valence-electron chi connectivity index (χ2n) is 5.83. The first-order valence-corrected chi connectivity index (χ1v) is 8.78. The van der Waals surface area contributed by atoms with Gasteiger partial charge in [-0.2, -0.15) is 0 Å². The van der Waals surface area contributed by atoms with Crippen molar-refractivity contribution in [2.24, 2.45) is 0 Å². The number of ether oxygens (including phenoxy) is 1. The fourth-order valence-electron chi connectivity index (χ4n) is 2.71. The van der Waals surface area contributed by atoms with Gasteiger partial charge in [-0.25, -0.2) is 4.98 Å². The Balaban J connectivity index is 1.43. The third-order valence-corrected chi connectivity index (χ3v) is 4.87. The lowest BCUT2D eigenvalue weighted by Crippen LogP contribution is -2.37. The summed E-state index contributed by atoms with van der Waals surface area (Å²) in [5.74, 6) is 1.19. The highest BCUT2D eigenvalue weighted by Gasteiger charge is 2.25. The number of rotatable bonds is 4. The van der Waals surface area contributed by atoms with E-state index < -0.39 is 0 Å². The quantitative estimate of drug-likeness (QED) is 0.726. The van der Waals surface area contributed by atoms with E-state index in [0.717, 1.165) is 23.7 Å². The van der Waals surface area contributed by atoms with Gasteiger partial charge in [0.15, 0.2) is 0 Å². The monoisotopic (exact) mass is 342 g/mol. The molecule has 6 nitrogen and oxygen atoms in total. The van der Waals surface area contributed by atoms with E-state index in [0.29, 0.717) is 24.9 Å². The largest absolute Gasteiger partial charge is 0.419 e. The van der Waals surface area contributed by atoms with Crippen LogP contribution in [0.15, 0.2) is 40.3 Å². The van der Waals surface area contributed by atoms with Crippen molar-refractivity contribution < 1.29 is 9.15 Å². The zero-order chi connectivity index (χ0) is 16.4. The summed E-state index contributed by atoms with van der Waals surface area (Å²) in [4.78, 5) is 6.61. The summed E-state index contributed by atoms with van der Waals surface area (Å²) < 4.78 is 11.6. The van der Waals surface area contributed by atoms with Gasteiger partial charge in [0.1, 0.15) is 11.1 Å². The number of hydrogen-bond donors (Lipinski definition) is 0. The van der Waals surface area contributed by atoms with Crippen LogP contribution in [0.5, 0.6) is 0 Å². The van der Waals surface area contributed by atoms with Crippen molar-refractivity contribution in [3.8, 4) is 11.5 Å². The number of nitrogens with zero attached hydrogens (tertiary/aromatic N) is 4. The van der Waals surface area contributed by atoms with E-state index in [1.54, 1.807) is 11.3 Å². The first kappa shape index (κ1) is 15.4. The van der Waals surface area contributed by atoms with E-state index in [1.807, 2.05) is 35.8 Å². The normalized spacial score (nSPS) is 18.8. The number of morpholine rings is 1. The van der Waals surface area contributed by atoms with Gasteiger partial charge < -0.3 is 9.15 Å². The molecule has 124 valence electrons. The molecule has 0 N–H and O–H groups in total. The summed E-state index contributed by atoms with van der Waals surface area (Å²) in [6.07, 6.45) is 1.84. The van der Waals surface area contributed by atoms with Crippen LogP contribution < -0.4 is 0 Å². The molecule has 0 radical (unpaired) electrons. The molecule has 1 aliphatic heterocycles. The number of aryl methyl sites for hydroxylation is 1. The van der Waals surface area contributed by atoms with Crippen LogP contribution in [0.2, 0.25) is 0 Å². The molecule has 1 saturated heterocycles. The Morgan fingerprint density at radius 2 is 2.12 bits per heavy atom. The van der Waals surface area contributed by atoms with Crippen LogP contribution in [0.25, 0.3) is 11.5 Å². The van der Waals surface area contributed by atoms with Gasteiger partial charge in [0.25, 0.3) is 0 Å². The predicted octanol–water partition coefficient (Wildman–Crippen LogP) is 3.08. The Morgan fingerprint density at radius 1 is 1.25 bits per heavy atom. The van der Waals surface area contributed by atoms with E-state index in [-0.39, 0.29) is 6.10 Å². The Labute approximate surface area is 144 Å². The van der Waals surface area contributed by atoms with Crippen LogP contribution >= 0.6 is 11.3 Å². The molecule has 3 aromatic rings. The summed E-state index contributed by atoms with van der Waals surface area (Å²) in [5, 5.41) is 11.3. The molecule has 0 aliphatic carbocycles. The summed E-state index contributed by atoms with van der Waals surface area (Å²) >= 11 is 1.63. The summed E-state index contributed by atoms with van der Waals surface area (Å²) in [6.45, 7) is 5.01. The van der Waals surface area contributed by atoms with Crippen LogP contribution in [0.1, 0.15) is 22.6 Å². The lowest BCUT2D eigenvalue weighted by atomic mass is 10.1. The molecule has 1 fully saturated rings. The number of hydrogen-bond acceptors (Lipinski definition) is 7. The molecule has 0 amide bonds. The van der Waals surface area contributed by atoms with Crippen LogP contribution in [0.4, 0.5) is 0 Å². The highest BCUT2D eigenvalue weighted by molar-refractivity contribution is 7.09. The molecule has 0 saturated carbocycles. The van der Waals surface area contributed by atoms with Gasteiger partial charge in [0.05, 0.1) is 13.2 Å². The molecule has 1 aliphatic rings. The fraction of sp³-hybridized carbons (Fsp3) is 0.353. The maximum atomic E-state index is 5.82. The van der Waals surface area contributed by atoms with E-state index in [1.165, 1.54) is 5.56 Å². The Hall–Kier alpha value is -2.09. The molecule has 4 rings (SSSR count). The molecule has 24 heavy (non-hydrogen) atoms. The zero-order valence-electron chi connectivity index (χ0n) is 13.4. The van der Waals surface area contributed by atoms with Crippen molar-refractivity contribution in [2.45, 2.75) is 19.6 Å². The average Bonchev–Trinajstić information content (AvgIpc) is 3.28. The van der Waals surface area contributed by atoms with Gasteiger partial charge in [-0.15, -0.1) is 21.5 Å². The third-order valence-electron chi connectivity index (χ3n) is 4.00. The molecule has 0 bridgehead atoms. The molecule has 1 aromatic carbocycles. The molecule has 7 heteroatoms. The Bertz CT molecular complexity index is 785. The smallest absolute Gasteiger partial charge is 0.247 e. The minimum atomic E-state index is 0.0261. The van der Waals surface area contributed by atoms with Gasteiger partial charge in [-0.1, -0.05) is 17.7 Å². The second-order valence-corrected chi connectivity index (χ2v) is 6.76. The summed E-state index contributed by atoms with van der Waals surface area (Å²) in [7, 11) is 0. The van der Waals surface area contributed by atoms with Crippen LogP contribution in [-0.2, 0) is 11.3 Å². The highest BCUT2D eigenvalue weighted by atomic mass is 32.1. The average molecular weight is 342 g/mol. The molecular formula is C17H18N4O2S. The maximum absolute atomic E-state index is 5.82.